The molecule has 0 N–H and O–H groups in total. The average Bonchev–Trinajstić information content (AvgIpc) is 2.62. The Labute approximate surface area is 123 Å². The molecule has 1 aliphatic carbocycles. The number of likely N-dealkylation sites (N-methyl/N-ethyl adjacent to an activating group) is 1. The van der Waals surface area contributed by atoms with Crippen molar-refractivity contribution >= 4 is 27.7 Å². The van der Waals surface area contributed by atoms with Crippen molar-refractivity contribution in [2.45, 2.75) is 38.5 Å². The lowest BCUT2D eigenvalue weighted by atomic mass is 9.81. The second kappa shape index (κ2) is 6.25. The molecule has 2 fully saturated rings. The van der Waals surface area contributed by atoms with Crippen molar-refractivity contribution in [3.8, 4) is 0 Å². The smallest absolute Gasteiger partial charge is 0.242 e. The molecular formula is C14H23BrN2O2. The van der Waals surface area contributed by atoms with Gasteiger partial charge in [-0.2, -0.15) is 0 Å². The molecule has 4 nitrogen and oxygen atoms in total. The number of hydrogen-bond donors (Lipinski definition) is 0. The Morgan fingerprint density at radius 3 is 2.26 bits per heavy atom. The number of amides is 2. The molecular weight excluding hydrogens is 308 g/mol. The third-order valence-corrected chi connectivity index (χ3v) is 5.64. The summed E-state index contributed by atoms with van der Waals surface area (Å²) in [7, 11) is 1.70. The summed E-state index contributed by atoms with van der Waals surface area (Å²) in [5.74, 6) is 0.143. The van der Waals surface area contributed by atoms with Crippen molar-refractivity contribution in [3.05, 3.63) is 0 Å². The monoisotopic (exact) mass is 330 g/mol. The zero-order valence-electron chi connectivity index (χ0n) is 11.7. The van der Waals surface area contributed by atoms with Crippen LogP contribution in [0.25, 0.3) is 0 Å². The summed E-state index contributed by atoms with van der Waals surface area (Å²) in [4.78, 5) is 27.2. The Bertz CT molecular complexity index is 351. The Morgan fingerprint density at radius 2 is 1.68 bits per heavy atom. The van der Waals surface area contributed by atoms with Gasteiger partial charge in [0, 0.05) is 18.9 Å². The van der Waals surface area contributed by atoms with E-state index in [-0.39, 0.29) is 30.3 Å². The summed E-state index contributed by atoms with van der Waals surface area (Å²) in [6.45, 7) is 1.22. The molecule has 0 unspecified atom stereocenters. The van der Waals surface area contributed by atoms with Crippen molar-refractivity contribution in [2.75, 3.05) is 32.0 Å². The van der Waals surface area contributed by atoms with Gasteiger partial charge < -0.3 is 9.80 Å². The number of piperazine rings is 1. The van der Waals surface area contributed by atoms with Gasteiger partial charge >= 0.3 is 0 Å². The molecule has 0 atom stereocenters. The van der Waals surface area contributed by atoms with Gasteiger partial charge in [-0.25, -0.2) is 0 Å². The topological polar surface area (TPSA) is 40.6 Å². The van der Waals surface area contributed by atoms with Crippen LogP contribution in [0, 0.1) is 5.41 Å². The quantitative estimate of drug-likeness (QED) is 0.586. The summed E-state index contributed by atoms with van der Waals surface area (Å²) in [5.41, 5.74) is 0.169. The fourth-order valence-electron chi connectivity index (χ4n) is 3.12. The predicted octanol–water partition coefficient (Wildman–Crippen LogP) is 2.02. The van der Waals surface area contributed by atoms with E-state index in [1.807, 2.05) is 0 Å². The third-order valence-electron chi connectivity index (χ3n) is 4.45. The fraction of sp³-hybridized carbons (Fsp3) is 0.857. The minimum atomic E-state index is 0.0537. The van der Waals surface area contributed by atoms with Gasteiger partial charge in [0.15, 0.2) is 0 Å². The molecule has 1 saturated carbocycles. The van der Waals surface area contributed by atoms with Crippen LogP contribution in [0.2, 0.25) is 0 Å². The van der Waals surface area contributed by atoms with Crippen LogP contribution in [0.1, 0.15) is 38.5 Å². The molecule has 1 saturated heterocycles. The zero-order chi connectivity index (χ0) is 13.9. The molecule has 2 aliphatic rings. The Kier molecular flexibility index (Phi) is 4.87. The molecule has 5 heteroatoms. The van der Waals surface area contributed by atoms with E-state index in [4.69, 9.17) is 0 Å². The van der Waals surface area contributed by atoms with Gasteiger partial charge in [0.2, 0.25) is 11.8 Å². The van der Waals surface area contributed by atoms with E-state index in [0.29, 0.717) is 0 Å². The number of halogens is 1. The number of carbonyl (C=O) groups is 2. The van der Waals surface area contributed by atoms with Crippen molar-refractivity contribution in [1.29, 1.82) is 0 Å². The number of rotatable bonds is 3. The lowest BCUT2D eigenvalue weighted by Crippen LogP contribution is -2.55. The third kappa shape index (κ3) is 3.50. The van der Waals surface area contributed by atoms with E-state index in [2.05, 4.69) is 15.9 Å². The second-order valence-corrected chi connectivity index (χ2v) is 6.61. The van der Waals surface area contributed by atoms with Crippen LogP contribution < -0.4 is 0 Å². The minimum absolute atomic E-state index is 0.0537. The molecule has 0 aromatic heterocycles. The maximum absolute atomic E-state index is 12.1. The lowest BCUT2D eigenvalue weighted by molar-refractivity contribution is -0.150. The molecule has 1 aliphatic heterocycles. The lowest BCUT2D eigenvalue weighted by Gasteiger charge is -2.39. The molecule has 0 spiro atoms. The summed E-state index contributed by atoms with van der Waals surface area (Å²) in [6, 6.07) is 0. The van der Waals surface area contributed by atoms with Gasteiger partial charge in [0.1, 0.15) is 0 Å². The number of carbonyl (C=O) groups excluding carboxylic acids is 2. The number of hydrogen-bond acceptors (Lipinski definition) is 2. The van der Waals surface area contributed by atoms with E-state index >= 15 is 0 Å². The second-order valence-electron chi connectivity index (χ2n) is 6.05. The van der Waals surface area contributed by atoms with Gasteiger partial charge in [-0.1, -0.05) is 41.6 Å². The van der Waals surface area contributed by atoms with Crippen LogP contribution in [0.3, 0.4) is 0 Å². The van der Waals surface area contributed by atoms with Crippen molar-refractivity contribution in [3.63, 3.8) is 0 Å². The van der Waals surface area contributed by atoms with Crippen LogP contribution in [0.5, 0.6) is 0 Å². The van der Waals surface area contributed by atoms with Gasteiger partial charge in [0.05, 0.1) is 13.1 Å². The van der Waals surface area contributed by atoms with E-state index in [1.54, 1.807) is 11.9 Å². The summed E-state index contributed by atoms with van der Waals surface area (Å²) in [5, 5.41) is 0.924. The van der Waals surface area contributed by atoms with Gasteiger partial charge in [0.25, 0.3) is 0 Å². The standard InChI is InChI=1S/C14H23BrN2O2/c1-16-8-13(19)17(9-12(16)18)11-14(10-15)6-4-2-3-5-7-14/h2-11H2,1H3. The maximum Gasteiger partial charge on any atom is 0.242 e. The molecule has 2 rings (SSSR count). The van der Waals surface area contributed by atoms with Crippen LogP contribution in [0.15, 0.2) is 0 Å². The van der Waals surface area contributed by atoms with Crippen LogP contribution >= 0.6 is 15.9 Å². The average molecular weight is 331 g/mol. The van der Waals surface area contributed by atoms with Crippen molar-refractivity contribution in [1.82, 2.24) is 9.80 Å². The number of nitrogens with zero attached hydrogens (tertiary/aromatic N) is 2. The Hall–Kier alpha value is -0.580. The van der Waals surface area contributed by atoms with Crippen LogP contribution in [-0.4, -0.2) is 53.6 Å². The highest BCUT2D eigenvalue weighted by molar-refractivity contribution is 9.09. The van der Waals surface area contributed by atoms with Crippen LogP contribution in [-0.2, 0) is 9.59 Å². The SMILES string of the molecule is CN1CC(=O)N(CC2(CBr)CCCCCC2)CC1=O. The highest BCUT2D eigenvalue weighted by Gasteiger charge is 2.36. The van der Waals surface area contributed by atoms with Crippen molar-refractivity contribution < 1.29 is 9.59 Å². The molecule has 0 aromatic carbocycles. The van der Waals surface area contributed by atoms with Gasteiger partial charge in [-0.05, 0) is 18.3 Å². The highest BCUT2D eigenvalue weighted by atomic mass is 79.9. The normalized spacial score (nSPS) is 24.5. The molecule has 108 valence electrons. The first-order valence-corrected chi connectivity index (χ1v) is 8.26. The van der Waals surface area contributed by atoms with Crippen LogP contribution in [0.4, 0.5) is 0 Å². The molecule has 19 heavy (non-hydrogen) atoms. The van der Waals surface area contributed by atoms with E-state index in [0.717, 1.165) is 24.7 Å². The molecule has 2 amide bonds. The Balaban J connectivity index is 2.04. The summed E-state index contributed by atoms with van der Waals surface area (Å²) in [6.07, 6.45) is 7.38. The first kappa shape index (κ1) is 14.8. The predicted molar refractivity (Wildman–Crippen MR) is 78.1 cm³/mol. The zero-order valence-corrected chi connectivity index (χ0v) is 13.2. The van der Waals surface area contributed by atoms with E-state index in [9.17, 15) is 9.59 Å². The fourth-order valence-corrected chi connectivity index (χ4v) is 3.86. The van der Waals surface area contributed by atoms with E-state index < -0.39 is 0 Å². The van der Waals surface area contributed by atoms with Gasteiger partial charge in [-0.3, -0.25) is 9.59 Å². The highest BCUT2D eigenvalue weighted by Crippen LogP contribution is 2.37. The van der Waals surface area contributed by atoms with Crippen molar-refractivity contribution in [2.24, 2.45) is 5.41 Å². The molecule has 1 heterocycles. The molecule has 0 radical (unpaired) electrons. The first-order valence-electron chi connectivity index (χ1n) is 7.14. The summed E-state index contributed by atoms with van der Waals surface area (Å²) >= 11 is 3.64. The molecule has 0 bridgehead atoms. The number of alkyl halides is 1. The Morgan fingerprint density at radius 1 is 1.05 bits per heavy atom. The van der Waals surface area contributed by atoms with Gasteiger partial charge in [-0.15, -0.1) is 0 Å². The summed E-state index contributed by atoms with van der Waals surface area (Å²) < 4.78 is 0. The maximum atomic E-state index is 12.1. The minimum Gasteiger partial charge on any atom is -0.335 e. The first-order chi connectivity index (χ1) is 9.06. The largest absolute Gasteiger partial charge is 0.335 e. The molecule has 0 aromatic rings. The van der Waals surface area contributed by atoms with E-state index in [1.165, 1.54) is 30.6 Å².